The first-order valence-electron chi connectivity index (χ1n) is 5.86. The van der Waals surface area contributed by atoms with Gasteiger partial charge >= 0.3 is 0 Å². The number of piperidine rings is 1. The van der Waals surface area contributed by atoms with Gasteiger partial charge in [-0.3, -0.25) is 0 Å². The zero-order valence-electron chi connectivity index (χ0n) is 9.93. The maximum absolute atomic E-state index is 10.1. The summed E-state index contributed by atoms with van der Waals surface area (Å²) in [6.07, 6.45) is 1.34. The smallest absolute Gasteiger partial charge is 0.105 e. The predicted molar refractivity (Wildman–Crippen MR) is 69.6 cm³/mol. The third kappa shape index (κ3) is 2.59. The van der Waals surface area contributed by atoms with Gasteiger partial charge in [-0.1, -0.05) is 11.6 Å². The Morgan fingerprint density at radius 1 is 1.50 bits per heavy atom. The molecule has 1 aromatic rings. The van der Waals surface area contributed by atoms with E-state index < -0.39 is 5.60 Å². The van der Waals surface area contributed by atoms with Gasteiger partial charge in [0.05, 0.1) is 17.9 Å². The standard InChI is InChI=1S/C13H15ClN2O2/c14-11-3-2-10(7-15)12(6-11)16-5-1-4-13(18,8-16)9-17/h2-3,6,17-18H,1,4-5,8-9H2. The number of anilines is 1. The summed E-state index contributed by atoms with van der Waals surface area (Å²) in [5.41, 5.74) is 0.158. The first kappa shape index (κ1) is 13.2. The van der Waals surface area contributed by atoms with Crippen molar-refractivity contribution in [3.63, 3.8) is 0 Å². The fraction of sp³-hybridized carbons (Fsp3) is 0.462. The molecule has 1 saturated heterocycles. The number of aliphatic hydroxyl groups is 2. The fourth-order valence-corrected chi connectivity index (χ4v) is 2.47. The molecule has 1 atom stereocenters. The van der Waals surface area contributed by atoms with E-state index in [0.29, 0.717) is 23.6 Å². The van der Waals surface area contributed by atoms with Crippen molar-refractivity contribution in [3.8, 4) is 6.07 Å². The highest BCUT2D eigenvalue weighted by molar-refractivity contribution is 6.30. The van der Waals surface area contributed by atoms with Crippen molar-refractivity contribution in [1.82, 2.24) is 0 Å². The third-order valence-corrected chi connectivity index (χ3v) is 3.51. The van der Waals surface area contributed by atoms with Gasteiger partial charge in [0.2, 0.25) is 0 Å². The number of halogens is 1. The first-order chi connectivity index (χ1) is 8.58. The molecule has 0 saturated carbocycles. The van der Waals surface area contributed by atoms with E-state index in [9.17, 15) is 10.2 Å². The van der Waals surface area contributed by atoms with Crippen molar-refractivity contribution >= 4 is 17.3 Å². The van der Waals surface area contributed by atoms with E-state index in [4.69, 9.17) is 16.9 Å². The van der Waals surface area contributed by atoms with Crippen LogP contribution < -0.4 is 4.90 Å². The summed E-state index contributed by atoms with van der Waals surface area (Å²) >= 11 is 5.95. The molecule has 1 unspecified atom stereocenters. The number of nitrogens with zero attached hydrogens (tertiary/aromatic N) is 2. The zero-order valence-corrected chi connectivity index (χ0v) is 10.7. The van der Waals surface area contributed by atoms with Gasteiger partial charge in [0, 0.05) is 18.1 Å². The fourth-order valence-electron chi connectivity index (χ4n) is 2.31. The van der Waals surface area contributed by atoms with Crippen molar-refractivity contribution in [2.75, 3.05) is 24.6 Å². The van der Waals surface area contributed by atoms with Crippen molar-refractivity contribution < 1.29 is 10.2 Å². The number of nitriles is 1. The lowest BCUT2D eigenvalue weighted by atomic mass is 9.93. The second-order valence-electron chi connectivity index (χ2n) is 4.68. The molecule has 96 valence electrons. The van der Waals surface area contributed by atoms with Crippen LogP contribution in [0.15, 0.2) is 18.2 Å². The minimum atomic E-state index is -1.09. The lowest BCUT2D eigenvalue weighted by molar-refractivity contribution is -0.0241. The van der Waals surface area contributed by atoms with E-state index in [0.717, 1.165) is 18.7 Å². The van der Waals surface area contributed by atoms with E-state index in [-0.39, 0.29) is 6.61 Å². The molecule has 1 fully saturated rings. The van der Waals surface area contributed by atoms with Crippen LogP contribution in [0.4, 0.5) is 5.69 Å². The van der Waals surface area contributed by atoms with Crippen molar-refractivity contribution in [1.29, 1.82) is 5.26 Å². The van der Waals surface area contributed by atoms with Gasteiger partial charge in [-0.2, -0.15) is 5.26 Å². The molecule has 18 heavy (non-hydrogen) atoms. The SMILES string of the molecule is N#Cc1ccc(Cl)cc1N1CCCC(O)(CO)C1. The summed E-state index contributed by atoms with van der Waals surface area (Å²) in [6, 6.07) is 7.19. The van der Waals surface area contributed by atoms with Crippen molar-refractivity contribution in [2.45, 2.75) is 18.4 Å². The van der Waals surface area contributed by atoms with Gasteiger partial charge in [-0.15, -0.1) is 0 Å². The average molecular weight is 267 g/mol. The van der Waals surface area contributed by atoms with Gasteiger partial charge in [0.1, 0.15) is 11.7 Å². The summed E-state index contributed by atoms with van der Waals surface area (Å²) in [5.74, 6) is 0. The third-order valence-electron chi connectivity index (χ3n) is 3.27. The van der Waals surface area contributed by atoms with E-state index >= 15 is 0 Å². The first-order valence-corrected chi connectivity index (χ1v) is 6.24. The van der Waals surface area contributed by atoms with Crippen LogP contribution in [0.5, 0.6) is 0 Å². The number of hydrogen-bond donors (Lipinski definition) is 2. The molecule has 1 aliphatic heterocycles. The second kappa shape index (κ2) is 5.15. The average Bonchev–Trinajstić information content (AvgIpc) is 2.39. The number of aliphatic hydroxyl groups excluding tert-OH is 1. The van der Waals surface area contributed by atoms with Crippen LogP contribution >= 0.6 is 11.6 Å². The van der Waals surface area contributed by atoms with Gasteiger partial charge in [0.25, 0.3) is 0 Å². The number of hydrogen-bond acceptors (Lipinski definition) is 4. The Hall–Kier alpha value is -1.28. The van der Waals surface area contributed by atoms with Gasteiger partial charge in [-0.25, -0.2) is 0 Å². The van der Waals surface area contributed by atoms with Crippen LogP contribution in [0.2, 0.25) is 5.02 Å². The van der Waals surface area contributed by atoms with Crippen LogP contribution in [-0.4, -0.2) is 35.5 Å². The van der Waals surface area contributed by atoms with E-state index in [1.807, 2.05) is 4.90 Å². The summed E-state index contributed by atoms with van der Waals surface area (Å²) < 4.78 is 0. The Morgan fingerprint density at radius 2 is 2.28 bits per heavy atom. The number of β-amino-alcohol motifs (C(OH)–C–C–N with tert-alkyl or cyclic N) is 1. The zero-order chi connectivity index (χ0) is 13.2. The normalized spacial score (nSPS) is 23.8. The summed E-state index contributed by atoms with van der Waals surface area (Å²) in [6.45, 7) is 0.793. The molecule has 2 rings (SSSR count). The monoisotopic (exact) mass is 266 g/mol. The van der Waals surface area contributed by atoms with Crippen molar-refractivity contribution in [2.24, 2.45) is 0 Å². The molecule has 2 N–H and O–H groups in total. The quantitative estimate of drug-likeness (QED) is 0.852. The molecule has 1 heterocycles. The topological polar surface area (TPSA) is 67.5 Å². The van der Waals surface area contributed by atoms with Crippen molar-refractivity contribution in [3.05, 3.63) is 28.8 Å². The molecule has 0 spiro atoms. The van der Waals surface area contributed by atoms with Crippen LogP contribution in [0.25, 0.3) is 0 Å². The lowest BCUT2D eigenvalue weighted by Crippen LogP contribution is -2.50. The molecule has 5 heteroatoms. The molecule has 0 aliphatic carbocycles. The highest BCUT2D eigenvalue weighted by Crippen LogP contribution is 2.30. The Morgan fingerprint density at radius 3 is 2.94 bits per heavy atom. The summed E-state index contributed by atoms with van der Waals surface area (Å²) in [5, 5.41) is 29.0. The molecular formula is C13H15ClN2O2. The summed E-state index contributed by atoms with van der Waals surface area (Å²) in [4.78, 5) is 1.91. The molecule has 1 aliphatic rings. The molecule has 4 nitrogen and oxygen atoms in total. The van der Waals surface area contributed by atoms with Crippen LogP contribution in [0.3, 0.4) is 0 Å². The number of benzene rings is 1. The predicted octanol–water partition coefficient (Wildman–Crippen LogP) is 1.54. The molecule has 0 amide bonds. The van der Waals surface area contributed by atoms with Gasteiger partial charge in [-0.05, 0) is 31.0 Å². The maximum atomic E-state index is 10.1. The highest BCUT2D eigenvalue weighted by atomic mass is 35.5. The molecule has 0 aromatic heterocycles. The maximum Gasteiger partial charge on any atom is 0.105 e. The molecule has 1 aromatic carbocycles. The van der Waals surface area contributed by atoms with Crippen LogP contribution in [0.1, 0.15) is 18.4 Å². The number of rotatable bonds is 2. The Labute approximate surface area is 111 Å². The minimum absolute atomic E-state index is 0.272. The second-order valence-corrected chi connectivity index (χ2v) is 5.12. The van der Waals surface area contributed by atoms with E-state index in [1.165, 1.54) is 0 Å². The van der Waals surface area contributed by atoms with Gasteiger partial charge < -0.3 is 15.1 Å². The van der Waals surface area contributed by atoms with E-state index in [1.54, 1.807) is 18.2 Å². The largest absolute Gasteiger partial charge is 0.393 e. The minimum Gasteiger partial charge on any atom is -0.393 e. The Bertz CT molecular complexity index is 486. The summed E-state index contributed by atoms with van der Waals surface area (Å²) in [7, 11) is 0. The van der Waals surface area contributed by atoms with Crippen LogP contribution in [0, 0.1) is 11.3 Å². The Balaban J connectivity index is 2.31. The van der Waals surface area contributed by atoms with Crippen LogP contribution in [-0.2, 0) is 0 Å². The Kier molecular flexibility index (Phi) is 3.76. The van der Waals surface area contributed by atoms with E-state index in [2.05, 4.69) is 6.07 Å². The molecule has 0 bridgehead atoms. The molecular weight excluding hydrogens is 252 g/mol. The highest BCUT2D eigenvalue weighted by Gasteiger charge is 2.33. The lowest BCUT2D eigenvalue weighted by Gasteiger charge is -2.39. The van der Waals surface area contributed by atoms with Gasteiger partial charge in [0.15, 0.2) is 0 Å². The molecule has 0 radical (unpaired) electrons.